The van der Waals surface area contributed by atoms with Crippen LogP contribution in [0.4, 0.5) is 0 Å². The first-order chi connectivity index (χ1) is 19.4. The minimum atomic E-state index is -1.83. The van der Waals surface area contributed by atoms with Crippen molar-refractivity contribution in [2.45, 2.75) is 87.2 Å². The van der Waals surface area contributed by atoms with Crippen LogP contribution in [0.25, 0.3) is 0 Å². The predicted octanol–water partition coefficient (Wildman–Crippen LogP) is -2.00. The summed E-state index contributed by atoms with van der Waals surface area (Å²) in [6, 6.07) is 7.51. The van der Waals surface area contributed by atoms with E-state index < -0.39 is 62.0 Å². The molecule has 0 radical (unpaired) electrons. The van der Waals surface area contributed by atoms with Crippen molar-refractivity contribution in [1.29, 1.82) is 0 Å². The first-order valence-electron chi connectivity index (χ1n) is 13.6. The van der Waals surface area contributed by atoms with Gasteiger partial charge in [0.1, 0.15) is 42.4 Å². The van der Waals surface area contributed by atoms with Crippen LogP contribution in [-0.2, 0) is 10.5 Å². The van der Waals surface area contributed by atoms with Crippen molar-refractivity contribution in [2.24, 2.45) is 0 Å². The third-order valence-electron chi connectivity index (χ3n) is 6.54. The van der Waals surface area contributed by atoms with Crippen LogP contribution in [0.15, 0.2) is 24.3 Å². The van der Waals surface area contributed by atoms with Crippen LogP contribution in [0.3, 0.4) is 0 Å². The topological polar surface area (TPSA) is 232 Å². The van der Waals surface area contributed by atoms with Gasteiger partial charge in [-0.05, 0) is 37.1 Å². The van der Waals surface area contributed by atoms with E-state index in [-0.39, 0.29) is 37.2 Å². The first kappa shape index (κ1) is 40.9. The summed E-state index contributed by atoms with van der Waals surface area (Å²) in [4.78, 5) is 12.6. The molecule has 0 aliphatic carbocycles. The minimum absolute atomic E-state index is 0. The number of ether oxygens (including phenoxy) is 1. The smallest absolute Gasteiger partial charge is 0.186 e. The summed E-state index contributed by atoms with van der Waals surface area (Å²) in [6.45, 7) is 0.0477. The molecule has 1 aromatic carbocycles. The van der Waals surface area contributed by atoms with E-state index in [1.807, 2.05) is 24.3 Å². The van der Waals surface area contributed by atoms with E-state index in [1.165, 1.54) is 23.6 Å². The third kappa shape index (κ3) is 15.6. The number of thioether (sulfide) groups is 1. The number of carbonyl (C=O) groups is 1. The summed E-state index contributed by atoms with van der Waals surface area (Å²) in [6.07, 6.45) is -11.0. The quantitative estimate of drug-likeness (QED) is 0.0615. The van der Waals surface area contributed by atoms with E-state index in [2.05, 4.69) is 0 Å². The molecule has 1 aromatic rings. The summed E-state index contributed by atoms with van der Waals surface area (Å²) >= 11 is 1.24. The molecule has 10 N–H and O–H groups in total. The molecule has 13 nitrogen and oxygen atoms in total. The molecule has 0 heterocycles. The molecule has 1 rings (SSSR count). The Balaban J connectivity index is 0.0000168. The van der Waals surface area contributed by atoms with E-state index in [0.717, 1.165) is 30.6 Å². The molecule has 0 aliphatic heterocycles. The fraction of sp³-hybridized carbons (Fsp3) is 0.741. The van der Waals surface area contributed by atoms with Crippen molar-refractivity contribution < 1.29 is 60.6 Å². The van der Waals surface area contributed by atoms with Crippen molar-refractivity contribution in [1.82, 2.24) is 4.90 Å². The molecule has 8 atom stereocenters. The summed E-state index contributed by atoms with van der Waals surface area (Å²) < 4.78 is 5.74. The fourth-order valence-corrected chi connectivity index (χ4v) is 4.54. The molecule has 42 heavy (non-hydrogen) atoms. The molecule has 0 saturated heterocycles. The van der Waals surface area contributed by atoms with E-state index in [9.17, 15) is 45.6 Å². The maximum absolute atomic E-state index is 11.1. The second kappa shape index (κ2) is 22.4. The molecule has 0 aromatic heterocycles. The number of rotatable bonds is 22. The van der Waals surface area contributed by atoms with Crippen LogP contribution in [0, 0.1) is 0 Å². The Bertz CT molecular complexity index is 812. The van der Waals surface area contributed by atoms with Gasteiger partial charge >= 0.3 is 0 Å². The average Bonchev–Trinajstić information content (AvgIpc) is 2.97. The molecular formula is C27H48ClNO12S. The predicted molar refractivity (Wildman–Crippen MR) is 158 cm³/mol. The Morgan fingerprint density at radius 2 is 1.19 bits per heavy atom. The maximum Gasteiger partial charge on any atom is 0.186 e. The average molecular weight is 646 g/mol. The van der Waals surface area contributed by atoms with Gasteiger partial charge in [-0.3, -0.25) is 9.69 Å². The van der Waals surface area contributed by atoms with Gasteiger partial charge in [-0.25, -0.2) is 0 Å². The second-order valence-corrected chi connectivity index (χ2v) is 11.2. The molecule has 8 unspecified atom stereocenters. The number of benzene rings is 1. The highest BCUT2D eigenvalue weighted by Crippen LogP contribution is 2.18. The maximum atomic E-state index is 11.1. The number of hydrogen-bond acceptors (Lipinski definition) is 14. The summed E-state index contributed by atoms with van der Waals surface area (Å²) in [5.41, 5.74) is 1.02. The lowest BCUT2D eigenvalue weighted by atomic mass is 10.0. The van der Waals surface area contributed by atoms with Crippen molar-refractivity contribution in [2.75, 3.05) is 39.5 Å². The van der Waals surface area contributed by atoms with Crippen LogP contribution >= 0.6 is 24.2 Å². The molecule has 0 bridgehead atoms. The van der Waals surface area contributed by atoms with Crippen molar-refractivity contribution in [3.63, 3.8) is 0 Å². The largest absolute Gasteiger partial charge is 0.494 e. The number of halogens is 1. The number of aliphatic hydroxyl groups excluding tert-OH is 10. The minimum Gasteiger partial charge on any atom is -0.494 e. The Hall–Kier alpha value is -1.11. The normalized spacial score (nSPS) is 17.4. The summed E-state index contributed by atoms with van der Waals surface area (Å²) in [5, 5.41) is 98.0. The highest BCUT2D eigenvalue weighted by Gasteiger charge is 2.34. The standard InChI is InChI=1S/C27H47NO12S.ClH/c1-17(31)41-16-18-6-8-19(9-7-18)40-11-5-3-2-4-10-28(12-20(32)24(36)26(38)22(34)14-29)13-21(33)25(37)27(39)23(35)15-30;/h6-9,20-27,29-30,32-39H,2-5,10-16H2,1H3;1H. The second-order valence-electron chi connectivity index (χ2n) is 10.0. The summed E-state index contributed by atoms with van der Waals surface area (Å²) in [5.74, 6) is 1.32. The molecule has 0 fully saturated rings. The van der Waals surface area contributed by atoms with E-state index in [0.29, 0.717) is 18.8 Å². The van der Waals surface area contributed by atoms with E-state index >= 15 is 0 Å². The van der Waals surface area contributed by atoms with Gasteiger partial charge in [-0.15, -0.1) is 12.4 Å². The van der Waals surface area contributed by atoms with Crippen LogP contribution in [0.1, 0.15) is 38.2 Å². The number of unbranched alkanes of at least 4 members (excludes halogenated alkanes) is 3. The van der Waals surface area contributed by atoms with E-state index in [4.69, 9.17) is 14.9 Å². The first-order valence-corrected chi connectivity index (χ1v) is 14.6. The van der Waals surface area contributed by atoms with Crippen molar-refractivity contribution in [3.8, 4) is 5.75 Å². The molecule has 0 aliphatic rings. The molecule has 0 amide bonds. The molecule has 0 spiro atoms. The van der Waals surface area contributed by atoms with Gasteiger partial charge < -0.3 is 55.8 Å². The van der Waals surface area contributed by atoms with Crippen LogP contribution in [0.2, 0.25) is 0 Å². The summed E-state index contributed by atoms with van der Waals surface area (Å²) in [7, 11) is 0. The molecule has 15 heteroatoms. The van der Waals surface area contributed by atoms with Crippen molar-refractivity contribution in [3.05, 3.63) is 29.8 Å². The Morgan fingerprint density at radius 3 is 1.64 bits per heavy atom. The van der Waals surface area contributed by atoms with Gasteiger partial charge in [0.2, 0.25) is 0 Å². The van der Waals surface area contributed by atoms with Crippen molar-refractivity contribution >= 4 is 29.3 Å². The lowest BCUT2D eigenvalue weighted by Gasteiger charge is -2.33. The zero-order valence-electron chi connectivity index (χ0n) is 23.8. The van der Waals surface area contributed by atoms with Crippen LogP contribution < -0.4 is 4.74 Å². The van der Waals surface area contributed by atoms with Gasteiger partial charge in [0.25, 0.3) is 0 Å². The Morgan fingerprint density at radius 1 is 0.738 bits per heavy atom. The van der Waals surface area contributed by atoms with Crippen LogP contribution in [-0.4, -0.2) is 149 Å². The Labute approximate surface area is 256 Å². The van der Waals surface area contributed by atoms with Gasteiger partial charge in [0.05, 0.1) is 32.0 Å². The van der Waals surface area contributed by atoms with E-state index in [1.54, 1.807) is 0 Å². The van der Waals surface area contributed by atoms with Gasteiger partial charge in [0, 0.05) is 25.8 Å². The zero-order valence-corrected chi connectivity index (χ0v) is 25.4. The van der Waals surface area contributed by atoms with Gasteiger partial charge in [-0.1, -0.05) is 36.7 Å². The number of nitrogens with zero attached hydrogens (tertiary/aromatic N) is 1. The SMILES string of the molecule is CC(=O)SCc1ccc(OCCCCCCN(CC(O)C(O)C(O)C(O)CO)CC(O)C(O)C(O)C(O)CO)cc1.Cl. The monoisotopic (exact) mass is 645 g/mol. The Kier molecular flexibility index (Phi) is 21.8. The fourth-order valence-electron chi connectivity index (χ4n) is 3.98. The lowest BCUT2D eigenvalue weighted by Crippen LogP contribution is -2.53. The number of carbonyl (C=O) groups excluding carboxylic acids is 1. The zero-order chi connectivity index (χ0) is 30.9. The lowest BCUT2D eigenvalue weighted by molar-refractivity contribution is -0.130. The number of hydrogen-bond donors (Lipinski definition) is 10. The molecule has 246 valence electrons. The van der Waals surface area contributed by atoms with Crippen LogP contribution in [0.5, 0.6) is 5.75 Å². The van der Waals surface area contributed by atoms with Gasteiger partial charge in [0.15, 0.2) is 5.12 Å². The third-order valence-corrected chi connectivity index (χ3v) is 7.43. The molecule has 0 saturated carbocycles. The highest BCUT2D eigenvalue weighted by molar-refractivity contribution is 8.12. The molecular weight excluding hydrogens is 598 g/mol. The highest BCUT2D eigenvalue weighted by atomic mass is 35.5. The van der Waals surface area contributed by atoms with Gasteiger partial charge in [-0.2, -0.15) is 0 Å². The number of aliphatic hydroxyl groups is 10.